The molecule has 2 rings (SSSR count). The molecule has 0 aliphatic heterocycles. The average Bonchev–Trinajstić information content (AvgIpc) is 2.55. The molecule has 0 spiro atoms. The molecule has 0 aliphatic rings. The highest BCUT2D eigenvalue weighted by Crippen LogP contribution is 2.19. The molecule has 0 bridgehead atoms. The Kier molecular flexibility index (Phi) is 6.23. The number of aliphatic hydroxyl groups is 1. The minimum atomic E-state index is 0.199. The number of pyridine rings is 1. The average molecular weight is 302 g/mol. The van der Waals surface area contributed by atoms with Gasteiger partial charge in [-0.3, -0.25) is 4.98 Å². The van der Waals surface area contributed by atoms with E-state index in [4.69, 9.17) is 0 Å². The fourth-order valence-corrected chi connectivity index (χ4v) is 2.89. The fraction of sp³-hybridized carbons (Fsp3) is 0.353. The summed E-state index contributed by atoms with van der Waals surface area (Å²) in [6.45, 7) is 3.11. The lowest BCUT2D eigenvalue weighted by Crippen LogP contribution is -2.37. The van der Waals surface area contributed by atoms with Crippen LogP contribution in [0.5, 0.6) is 0 Å². The quantitative estimate of drug-likeness (QED) is 0.825. The van der Waals surface area contributed by atoms with Gasteiger partial charge in [-0.15, -0.1) is 0 Å². The highest BCUT2D eigenvalue weighted by Gasteiger charge is 2.14. The third-order valence-corrected chi connectivity index (χ3v) is 4.75. The molecule has 1 heterocycles. The van der Waals surface area contributed by atoms with Crippen LogP contribution in [-0.4, -0.2) is 34.2 Å². The second-order valence-electron chi connectivity index (χ2n) is 5.07. The summed E-state index contributed by atoms with van der Waals surface area (Å²) in [4.78, 5) is 4.16. The predicted molar refractivity (Wildman–Crippen MR) is 90.4 cm³/mol. The molecule has 2 unspecified atom stereocenters. The van der Waals surface area contributed by atoms with Gasteiger partial charge in [0.05, 0.1) is 6.61 Å². The monoisotopic (exact) mass is 302 g/mol. The largest absolute Gasteiger partial charge is 0.395 e. The van der Waals surface area contributed by atoms with Crippen LogP contribution in [0.15, 0.2) is 48.8 Å². The van der Waals surface area contributed by atoms with E-state index >= 15 is 0 Å². The normalized spacial score (nSPS) is 13.9. The van der Waals surface area contributed by atoms with E-state index in [9.17, 15) is 5.11 Å². The molecule has 2 aromatic rings. The van der Waals surface area contributed by atoms with Crippen LogP contribution >= 0.6 is 11.8 Å². The highest BCUT2D eigenvalue weighted by molar-refractivity contribution is 7.99. The molecule has 0 radical (unpaired) electrons. The van der Waals surface area contributed by atoms with Crippen molar-refractivity contribution in [2.24, 2.45) is 0 Å². The first kappa shape index (κ1) is 16.0. The zero-order chi connectivity index (χ0) is 15.1. The Hall–Kier alpha value is -1.36. The summed E-state index contributed by atoms with van der Waals surface area (Å²) < 4.78 is 0. The van der Waals surface area contributed by atoms with Crippen molar-refractivity contribution in [1.29, 1.82) is 0 Å². The van der Waals surface area contributed by atoms with Crippen LogP contribution in [0.3, 0.4) is 0 Å². The first-order chi connectivity index (χ1) is 10.2. The second kappa shape index (κ2) is 8.17. The van der Waals surface area contributed by atoms with Crippen LogP contribution in [0.25, 0.3) is 11.1 Å². The van der Waals surface area contributed by atoms with Crippen molar-refractivity contribution >= 4 is 11.8 Å². The summed E-state index contributed by atoms with van der Waals surface area (Å²) in [6, 6.07) is 12.8. The first-order valence-corrected chi connectivity index (χ1v) is 8.39. The number of thioether (sulfide) groups is 1. The van der Waals surface area contributed by atoms with Gasteiger partial charge in [0.1, 0.15) is 0 Å². The van der Waals surface area contributed by atoms with Gasteiger partial charge in [-0.05, 0) is 42.0 Å². The van der Waals surface area contributed by atoms with Gasteiger partial charge in [-0.1, -0.05) is 24.3 Å². The zero-order valence-electron chi connectivity index (χ0n) is 12.5. The van der Waals surface area contributed by atoms with E-state index in [0.29, 0.717) is 0 Å². The molecule has 0 saturated heterocycles. The van der Waals surface area contributed by atoms with E-state index in [0.717, 1.165) is 12.1 Å². The maximum absolute atomic E-state index is 9.32. The number of rotatable bonds is 7. The minimum absolute atomic E-state index is 0.199. The van der Waals surface area contributed by atoms with E-state index in [1.165, 1.54) is 11.1 Å². The van der Waals surface area contributed by atoms with Crippen molar-refractivity contribution in [2.75, 3.05) is 12.9 Å². The number of aliphatic hydroxyl groups excluding tert-OH is 1. The van der Waals surface area contributed by atoms with Gasteiger partial charge >= 0.3 is 0 Å². The summed E-state index contributed by atoms with van der Waals surface area (Å²) in [5.74, 6) is 0. The molecule has 0 saturated carbocycles. The van der Waals surface area contributed by atoms with Crippen molar-refractivity contribution in [2.45, 2.75) is 24.8 Å². The summed E-state index contributed by atoms with van der Waals surface area (Å²) in [6.07, 6.45) is 5.70. The van der Waals surface area contributed by atoms with E-state index < -0.39 is 0 Å². The smallest absolute Gasteiger partial charge is 0.0564 e. The molecule has 0 aliphatic carbocycles. The van der Waals surface area contributed by atoms with Gasteiger partial charge < -0.3 is 10.4 Å². The Bertz CT molecular complexity index is 543. The lowest BCUT2D eigenvalue weighted by atomic mass is 10.0. The molecule has 1 aromatic heterocycles. The van der Waals surface area contributed by atoms with Crippen LogP contribution in [0.4, 0.5) is 0 Å². The molecule has 0 fully saturated rings. The van der Waals surface area contributed by atoms with Gasteiger partial charge in [0.15, 0.2) is 0 Å². The molecule has 0 amide bonds. The van der Waals surface area contributed by atoms with Gasteiger partial charge in [0.2, 0.25) is 0 Å². The van der Waals surface area contributed by atoms with E-state index in [1.807, 2.05) is 18.5 Å². The molecule has 2 atom stereocenters. The molecule has 4 heteroatoms. The van der Waals surface area contributed by atoms with Crippen LogP contribution in [0, 0.1) is 0 Å². The van der Waals surface area contributed by atoms with Crippen LogP contribution < -0.4 is 5.32 Å². The van der Waals surface area contributed by atoms with Gasteiger partial charge in [0, 0.05) is 30.2 Å². The van der Waals surface area contributed by atoms with E-state index in [1.54, 1.807) is 18.0 Å². The number of hydrogen-bond acceptors (Lipinski definition) is 4. The van der Waals surface area contributed by atoms with E-state index in [2.05, 4.69) is 47.6 Å². The number of aromatic nitrogens is 1. The minimum Gasteiger partial charge on any atom is -0.395 e. The van der Waals surface area contributed by atoms with Crippen molar-refractivity contribution in [3.05, 3.63) is 54.4 Å². The third kappa shape index (κ3) is 4.56. The van der Waals surface area contributed by atoms with Crippen molar-refractivity contribution in [1.82, 2.24) is 10.3 Å². The number of nitrogens with zero attached hydrogens (tertiary/aromatic N) is 1. The van der Waals surface area contributed by atoms with Gasteiger partial charge in [0.25, 0.3) is 0 Å². The van der Waals surface area contributed by atoms with Crippen LogP contribution in [-0.2, 0) is 6.54 Å². The topological polar surface area (TPSA) is 45.1 Å². The lowest BCUT2D eigenvalue weighted by Gasteiger charge is -2.21. The van der Waals surface area contributed by atoms with Crippen molar-refractivity contribution < 1.29 is 5.11 Å². The maximum atomic E-state index is 9.32. The number of benzene rings is 1. The van der Waals surface area contributed by atoms with Crippen molar-refractivity contribution in [3.63, 3.8) is 0 Å². The molecule has 21 heavy (non-hydrogen) atoms. The fourth-order valence-electron chi connectivity index (χ4n) is 2.24. The Balaban J connectivity index is 2.02. The molecule has 112 valence electrons. The predicted octanol–water partition coefficient (Wildman–Crippen LogP) is 2.95. The Morgan fingerprint density at radius 2 is 2.05 bits per heavy atom. The molecule has 3 nitrogen and oxygen atoms in total. The standard InChI is InChI=1S/C17H22N2OS/c1-13(17(12-20)21-2)19-10-14-5-3-6-15(9-14)16-7-4-8-18-11-16/h3-9,11,13,17,19-20H,10,12H2,1-2H3. The molecular weight excluding hydrogens is 280 g/mol. The summed E-state index contributed by atoms with van der Waals surface area (Å²) in [5, 5.41) is 13.0. The SMILES string of the molecule is CSC(CO)C(C)NCc1cccc(-c2cccnc2)c1. The Morgan fingerprint density at radius 1 is 1.24 bits per heavy atom. The summed E-state index contributed by atoms with van der Waals surface area (Å²) in [5.41, 5.74) is 3.55. The lowest BCUT2D eigenvalue weighted by molar-refractivity contribution is 0.276. The maximum Gasteiger partial charge on any atom is 0.0564 e. The number of hydrogen-bond donors (Lipinski definition) is 2. The van der Waals surface area contributed by atoms with Gasteiger partial charge in [-0.2, -0.15) is 11.8 Å². The van der Waals surface area contributed by atoms with Crippen molar-refractivity contribution in [3.8, 4) is 11.1 Å². The first-order valence-electron chi connectivity index (χ1n) is 7.11. The second-order valence-corrected chi connectivity index (χ2v) is 6.15. The molecule has 1 aromatic carbocycles. The van der Waals surface area contributed by atoms with Crippen LogP contribution in [0.1, 0.15) is 12.5 Å². The third-order valence-electron chi connectivity index (χ3n) is 3.59. The summed E-state index contributed by atoms with van der Waals surface area (Å²) >= 11 is 1.69. The molecular formula is C17H22N2OS. The number of nitrogens with one attached hydrogen (secondary N) is 1. The molecule has 2 N–H and O–H groups in total. The van der Waals surface area contributed by atoms with Gasteiger partial charge in [-0.25, -0.2) is 0 Å². The van der Waals surface area contributed by atoms with Crippen LogP contribution in [0.2, 0.25) is 0 Å². The van der Waals surface area contributed by atoms with E-state index in [-0.39, 0.29) is 17.9 Å². The zero-order valence-corrected chi connectivity index (χ0v) is 13.3. The Morgan fingerprint density at radius 3 is 2.71 bits per heavy atom. The summed E-state index contributed by atoms with van der Waals surface area (Å²) in [7, 11) is 0. The highest BCUT2D eigenvalue weighted by atomic mass is 32.2. The Labute approximate surface area is 130 Å².